The Morgan fingerprint density at radius 3 is 2.66 bits per heavy atom. The van der Waals surface area contributed by atoms with E-state index in [1.54, 1.807) is 18.9 Å². The van der Waals surface area contributed by atoms with Crippen LogP contribution in [0.1, 0.15) is 11.1 Å². The number of carbonyl (C=O) groups is 2. The lowest BCUT2D eigenvalue weighted by molar-refractivity contribution is -0.423. The molecule has 2 atom stereocenters. The van der Waals surface area contributed by atoms with Gasteiger partial charge < -0.3 is 27.6 Å². The van der Waals surface area contributed by atoms with Gasteiger partial charge in [-0.3, -0.25) is 9.69 Å². The average Bonchev–Trinajstić information content (AvgIpc) is 2.82. The van der Waals surface area contributed by atoms with Crippen LogP contribution in [0.2, 0.25) is 0 Å². The number of thioether (sulfide) groups is 2. The van der Waals surface area contributed by atoms with E-state index < -0.39 is 5.97 Å². The van der Waals surface area contributed by atoms with E-state index in [1.165, 1.54) is 16.7 Å². The number of rotatable bonds is 7. The van der Waals surface area contributed by atoms with Gasteiger partial charge in [-0.15, -0.1) is 23.4 Å². The van der Waals surface area contributed by atoms with Crippen LogP contribution in [0, 0.1) is 0 Å². The minimum Gasteiger partial charge on any atom is -1.00 e. The summed E-state index contributed by atoms with van der Waals surface area (Å²) >= 11 is 9.16. The van der Waals surface area contributed by atoms with Crippen molar-refractivity contribution in [2.24, 2.45) is 0 Å². The summed E-state index contributed by atoms with van der Waals surface area (Å²) in [5.41, 5.74) is 6.06. The molecular formula is C22H22Cl2N2O4S2. The Labute approximate surface area is 206 Å². The van der Waals surface area contributed by atoms with Crippen molar-refractivity contribution in [2.75, 3.05) is 12.9 Å². The molecule has 2 aliphatic rings. The molecule has 6 nitrogen and oxygen atoms in total. The van der Waals surface area contributed by atoms with E-state index in [4.69, 9.17) is 21.1 Å². The zero-order chi connectivity index (χ0) is 22.0. The van der Waals surface area contributed by atoms with Crippen molar-refractivity contribution < 1.29 is 37.2 Å². The molecule has 1 amide bonds. The van der Waals surface area contributed by atoms with Crippen LogP contribution >= 0.6 is 35.1 Å². The minimum atomic E-state index is -0.507. The third-order valence-electron chi connectivity index (χ3n) is 5.12. The first-order valence-corrected chi connectivity index (χ1v) is 12.1. The summed E-state index contributed by atoms with van der Waals surface area (Å²) in [5.74, 6) is 1.04. The van der Waals surface area contributed by atoms with Crippen LogP contribution in [0.4, 0.5) is 0 Å². The molecule has 2 aromatic carbocycles. The Hall–Kier alpha value is -1.84. The summed E-state index contributed by atoms with van der Waals surface area (Å²) in [6, 6.07) is 14.7. The fourth-order valence-electron chi connectivity index (χ4n) is 3.39. The van der Waals surface area contributed by atoms with Crippen LogP contribution in [0.25, 0.3) is 0 Å². The molecule has 1 saturated heterocycles. The second-order valence-electron chi connectivity index (χ2n) is 7.06. The lowest BCUT2D eigenvalue weighted by Crippen LogP contribution is -3.00. The van der Waals surface area contributed by atoms with E-state index in [1.807, 2.05) is 48.5 Å². The number of carbonyl (C=O) groups excluding carboxylic acids is 2. The Morgan fingerprint density at radius 2 is 1.97 bits per heavy atom. The Balaban J connectivity index is 0.00000289. The predicted octanol–water partition coefficient (Wildman–Crippen LogP) is 0.0107. The maximum atomic E-state index is 13.1. The predicted molar refractivity (Wildman–Crippen MR) is 121 cm³/mol. The van der Waals surface area contributed by atoms with E-state index in [0.717, 1.165) is 26.7 Å². The zero-order valence-electron chi connectivity index (χ0n) is 17.3. The average molecular weight is 513 g/mol. The van der Waals surface area contributed by atoms with Crippen molar-refractivity contribution >= 4 is 47.0 Å². The third kappa shape index (κ3) is 4.89. The number of benzene rings is 2. The van der Waals surface area contributed by atoms with Crippen LogP contribution in [-0.2, 0) is 26.8 Å². The third-order valence-corrected chi connectivity index (χ3v) is 8.12. The normalized spacial score (nSPS) is 19.6. The molecule has 0 bridgehead atoms. The van der Waals surface area contributed by atoms with Gasteiger partial charge in [0.25, 0.3) is 5.91 Å². The SMILES string of the molecule is COc1ccc(COC(=O)C2=C(Sc3ccccc3CCl)CS[C@@H]3[C@H]([NH3+])C(=O)N23)cc1.[Cl-]. The molecule has 3 N–H and O–H groups in total. The fraction of sp³-hybridized carbons (Fsp3) is 0.273. The maximum absolute atomic E-state index is 13.1. The van der Waals surface area contributed by atoms with Gasteiger partial charge in [0, 0.05) is 21.4 Å². The number of halogens is 2. The summed E-state index contributed by atoms with van der Waals surface area (Å²) in [7, 11) is 1.60. The molecule has 2 aromatic rings. The van der Waals surface area contributed by atoms with Gasteiger partial charge in [-0.25, -0.2) is 4.79 Å². The van der Waals surface area contributed by atoms with Gasteiger partial charge in [0.05, 0.1) is 7.11 Å². The highest BCUT2D eigenvalue weighted by Crippen LogP contribution is 2.45. The number of ether oxygens (including phenoxy) is 2. The highest BCUT2D eigenvalue weighted by atomic mass is 35.5. The summed E-state index contributed by atoms with van der Waals surface area (Å²) in [4.78, 5) is 29.0. The van der Waals surface area contributed by atoms with Crippen molar-refractivity contribution in [1.82, 2.24) is 4.90 Å². The summed E-state index contributed by atoms with van der Waals surface area (Å²) in [6.07, 6.45) is 0. The van der Waals surface area contributed by atoms with Crippen molar-refractivity contribution in [3.8, 4) is 5.75 Å². The first-order chi connectivity index (χ1) is 15.0. The quantitative estimate of drug-likeness (QED) is 0.319. The van der Waals surface area contributed by atoms with Gasteiger partial charge in [0.15, 0.2) is 6.04 Å². The van der Waals surface area contributed by atoms with Crippen LogP contribution in [0.5, 0.6) is 5.75 Å². The number of hydrogen-bond acceptors (Lipinski definition) is 6. The number of esters is 1. The smallest absolute Gasteiger partial charge is 0.356 e. The van der Waals surface area contributed by atoms with E-state index in [-0.39, 0.29) is 36.3 Å². The Morgan fingerprint density at radius 1 is 1.25 bits per heavy atom. The molecule has 0 spiro atoms. The molecule has 2 aliphatic heterocycles. The molecule has 0 radical (unpaired) electrons. The first-order valence-electron chi connectivity index (χ1n) is 9.66. The molecule has 0 aliphatic carbocycles. The van der Waals surface area contributed by atoms with Gasteiger partial charge in [-0.1, -0.05) is 42.1 Å². The summed E-state index contributed by atoms with van der Waals surface area (Å²) in [5, 5.41) is -0.136. The fourth-order valence-corrected chi connectivity index (χ4v) is 6.27. The summed E-state index contributed by atoms with van der Waals surface area (Å²) < 4.78 is 10.8. The molecule has 0 saturated carbocycles. The second kappa shape index (κ2) is 10.9. The highest BCUT2D eigenvalue weighted by Gasteiger charge is 2.55. The highest BCUT2D eigenvalue weighted by molar-refractivity contribution is 8.06. The topological polar surface area (TPSA) is 83.5 Å². The monoisotopic (exact) mass is 512 g/mol. The number of hydrogen-bond donors (Lipinski definition) is 1. The number of alkyl halides is 1. The molecule has 32 heavy (non-hydrogen) atoms. The van der Waals surface area contributed by atoms with Crippen molar-refractivity contribution in [3.63, 3.8) is 0 Å². The molecular weight excluding hydrogens is 491 g/mol. The number of methoxy groups -OCH3 is 1. The largest absolute Gasteiger partial charge is 1.00 e. The van der Waals surface area contributed by atoms with Crippen LogP contribution in [0.3, 0.4) is 0 Å². The zero-order valence-corrected chi connectivity index (χ0v) is 20.4. The molecule has 0 unspecified atom stereocenters. The van der Waals surface area contributed by atoms with Crippen LogP contribution in [0.15, 0.2) is 64.0 Å². The van der Waals surface area contributed by atoms with E-state index >= 15 is 0 Å². The number of fused-ring (bicyclic) bond motifs is 1. The van der Waals surface area contributed by atoms with Crippen molar-refractivity contribution in [3.05, 3.63) is 70.3 Å². The van der Waals surface area contributed by atoms with Gasteiger partial charge >= 0.3 is 5.97 Å². The van der Waals surface area contributed by atoms with E-state index in [0.29, 0.717) is 17.3 Å². The molecule has 170 valence electrons. The second-order valence-corrected chi connectivity index (χ2v) is 9.56. The molecule has 10 heteroatoms. The lowest BCUT2D eigenvalue weighted by Gasteiger charge is -2.45. The molecule has 0 aromatic heterocycles. The summed E-state index contributed by atoms with van der Waals surface area (Å²) in [6.45, 7) is 0.107. The van der Waals surface area contributed by atoms with Gasteiger partial charge in [-0.05, 0) is 29.3 Å². The lowest BCUT2D eigenvalue weighted by atomic mass is 10.1. The van der Waals surface area contributed by atoms with E-state index in [9.17, 15) is 9.59 Å². The molecule has 4 rings (SSSR count). The van der Waals surface area contributed by atoms with Crippen molar-refractivity contribution in [2.45, 2.75) is 28.8 Å². The maximum Gasteiger partial charge on any atom is 0.356 e. The number of quaternary nitrogens is 1. The van der Waals surface area contributed by atoms with Gasteiger partial charge in [0.1, 0.15) is 23.4 Å². The van der Waals surface area contributed by atoms with E-state index in [2.05, 4.69) is 5.73 Å². The van der Waals surface area contributed by atoms with Gasteiger partial charge in [0.2, 0.25) is 0 Å². The standard InChI is InChI=1S/C22H21ClN2O4S2.ClH/c1-28-15-8-6-13(7-9-15)11-29-22(27)19-17(12-30-21-18(24)20(26)25(19)21)31-16-5-3-2-4-14(16)10-23;/h2-9,18,21H,10-12,24H2,1H3;1H/t18-,21-;/m1./s1. The number of β-lactam (4-membered cyclic amide) rings is 1. The Bertz CT molecular complexity index is 1030. The molecule has 2 heterocycles. The van der Waals surface area contributed by atoms with Crippen LogP contribution < -0.4 is 22.9 Å². The number of amides is 1. The minimum absolute atomic E-state index is 0. The Kier molecular flexibility index (Phi) is 8.41. The first kappa shape index (κ1) is 24.8. The number of nitrogens with zero attached hydrogens (tertiary/aromatic N) is 1. The van der Waals surface area contributed by atoms with Gasteiger partial charge in [-0.2, -0.15) is 0 Å². The molecule has 1 fully saturated rings. The van der Waals surface area contributed by atoms with Crippen LogP contribution in [-0.4, -0.2) is 41.1 Å². The van der Waals surface area contributed by atoms with Crippen molar-refractivity contribution in [1.29, 1.82) is 0 Å².